The lowest BCUT2D eigenvalue weighted by Gasteiger charge is -2.40. The Bertz CT molecular complexity index is 689. The maximum Gasteiger partial charge on any atom is 0.223 e. The summed E-state index contributed by atoms with van der Waals surface area (Å²) in [5.41, 5.74) is 1.02. The minimum Gasteiger partial charge on any atom is -0.394 e. The predicted molar refractivity (Wildman–Crippen MR) is 133 cm³/mol. The summed E-state index contributed by atoms with van der Waals surface area (Å²) in [6, 6.07) is 8.58. The lowest BCUT2D eigenvalue weighted by atomic mass is 9.96. The molecule has 1 saturated heterocycles. The fourth-order valence-electron chi connectivity index (χ4n) is 4.42. The Kier molecular flexibility index (Phi) is 14.4. The number of aliphatic hydroxyl groups is 4. The molecule has 1 fully saturated rings. The lowest BCUT2D eigenvalue weighted by molar-refractivity contribution is -0.254. The molecule has 0 saturated carbocycles. The van der Waals surface area contributed by atoms with E-state index in [-0.39, 0.29) is 12.5 Å². The zero-order chi connectivity index (χ0) is 25.5. The van der Waals surface area contributed by atoms with Gasteiger partial charge in [-0.05, 0) is 12.0 Å². The van der Waals surface area contributed by atoms with Crippen LogP contribution in [-0.2, 0) is 20.9 Å². The summed E-state index contributed by atoms with van der Waals surface area (Å²) in [7, 11) is 0. The van der Waals surface area contributed by atoms with Gasteiger partial charge in [-0.2, -0.15) is 0 Å². The first kappa shape index (κ1) is 29.7. The maximum absolute atomic E-state index is 12.7. The fraction of sp³-hybridized carbons (Fsp3) is 0.741. The van der Waals surface area contributed by atoms with E-state index in [9.17, 15) is 25.2 Å². The predicted octanol–water partition coefficient (Wildman–Crippen LogP) is 2.80. The van der Waals surface area contributed by atoms with Gasteiger partial charge in [0, 0.05) is 0 Å². The highest BCUT2D eigenvalue weighted by Gasteiger charge is 2.44. The van der Waals surface area contributed by atoms with Gasteiger partial charge in [0.15, 0.2) is 6.29 Å². The molecule has 35 heavy (non-hydrogen) atoms. The number of amides is 1. The van der Waals surface area contributed by atoms with Gasteiger partial charge in [0.2, 0.25) is 5.91 Å². The highest BCUT2D eigenvalue weighted by atomic mass is 16.6. The van der Waals surface area contributed by atoms with Crippen molar-refractivity contribution >= 4 is 5.91 Å². The number of hydrogen-bond donors (Lipinski definition) is 5. The van der Waals surface area contributed by atoms with Gasteiger partial charge in [-0.3, -0.25) is 4.79 Å². The van der Waals surface area contributed by atoms with E-state index in [4.69, 9.17) is 9.47 Å². The molecular weight excluding hydrogens is 450 g/mol. The second kappa shape index (κ2) is 17.0. The van der Waals surface area contributed by atoms with Crippen LogP contribution in [0, 0.1) is 0 Å². The summed E-state index contributed by atoms with van der Waals surface area (Å²) in [5, 5.41) is 42.3. The molecule has 1 aromatic rings. The third kappa shape index (κ3) is 10.9. The van der Waals surface area contributed by atoms with Crippen molar-refractivity contribution in [3.05, 3.63) is 35.9 Å². The van der Waals surface area contributed by atoms with Crippen LogP contribution in [0.25, 0.3) is 0 Å². The highest BCUT2D eigenvalue weighted by molar-refractivity contribution is 5.77. The Hall–Kier alpha value is -1.55. The summed E-state index contributed by atoms with van der Waals surface area (Å²) < 4.78 is 11.2. The van der Waals surface area contributed by atoms with Crippen LogP contribution < -0.4 is 5.32 Å². The van der Waals surface area contributed by atoms with Gasteiger partial charge < -0.3 is 35.2 Å². The average molecular weight is 496 g/mol. The van der Waals surface area contributed by atoms with Gasteiger partial charge in [0.25, 0.3) is 0 Å². The van der Waals surface area contributed by atoms with E-state index in [0.717, 1.165) is 24.8 Å². The summed E-state index contributed by atoms with van der Waals surface area (Å²) in [6.45, 7) is 2.06. The first-order chi connectivity index (χ1) is 17.0. The monoisotopic (exact) mass is 495 g/mol. The van der Waals surface area contributed by atoms with Crippen LogP contribution in [0.15, 0.2) is 30.3 Å². The summed E-state index contributed by atoms with van der Waals surface area (Å²) >= 11 is 0. The number of carbonyl (C=O) groups excluding carboxylic acids is 1. The number of rotatable bonds is 17. The molecule has 0 unspecified atom stereocenters. The van der Waals surface area contributed by atoms with Crippen molar-refractivity contribution in [1.82, 2.24) is 5.32 Å². The Labute approximate surface area is 209 Å². The van der Waals surface area contributed by atoms with Crippen LogP contribution in [0.3, 0.4) is 0 Å². The van der Waals surface area contributed by atoms with Crippen molar-refractivity contribution in [3.8, 4) is 0 Å². The molecule has 6 atom stereocenters. The maximum atomic E-state index is 12.7. The number of carbonyl (C=O) groups is 1. The lowest BCUT2D eigenvalue weighted by Crippen LogP contribution is -2.64. The Morgan fingerprint density at radius 1 is 0.971 bits per heavy atom. The summed E-state index contributed by atoms with van der Waals surface area (Å²) in [4.78, 5) is 12.7. The molecule has 0 bridgehead atoms. The van der Waals surface area contributed by atoms with Gasteiger partial charge in [-0.15, -0.1) is 0 Å². The van der Waals surface area contributed by atoms with Gasteiger partial charge in [0.1, 0.15) is 24.4 Å². The molecule has 0 radical (unpaired) electrons. The molecule has 2 rings (SSSR count). The van der Waals surface area contributed by atoms with Crippen LogP contribution >= 0.6 is 0 Å². The number of nitrogens with one attached hydrogen (secondary N) is 1. The van der Waals surface area contributed by atoms with Gasteiger partial charge in [0.05, 0.1) is 25.7 Å². The molecule has 1 amide bonds. The molecule has 0 aromatic heterocycles. The van der Waals surface area contributed by atoms with E-state index in [0.29, 0.717) is 6.61 Å². The van der Waals surface area contributed by atoms with Crippen LogP contribution in [-0.4, -0.2) is 69.7 Å². The highest BCUT2D eigenvalue weighted by Crippen LogP contribution is 2.21. The van der Waals surface area contributed by atoms with Crippen molar-refractivity contribution in [3.63, 3.8) is 0 Å². The first-order valence-electron chi connectivity index (χ1n) is 13.2. The molecule has 1 aliphatic rings. The molecule has 1 heterocycles. The second-order valence-corrected chi connectivity index (χ2v) is 9.56. The van der Waals surface area contributed by atoms with E-state index in [1.165, 1.54) is 44.9 Å². The molecule has 5 N–H and O–H groups in total. The SMILES string of the molecule is CCCCCCCCCCC[C@H](CC(=O)N[C@H]1[C@@H](O)[C@H](O)[C@@H](CO)O[C@@H]1O)OCc1ccccc1. The van der Waals surface area contributed by atoms with Crippen molar-refractivity contribution < 1.29 is 34.7 Å². The topological polar surface area (TPSA) is 128 Å². The van der Waals surface area contributed by atoms with E-state index >= 15 is 0 Å². The van der Waals surface area contributed by atoms with Gasteiger partial charge in [-0.1, -0.05) is 95.0 Å². The number of unbranched alkanes of at least 4 members (excludes halogenated alkanes) is 8. The Morgan fingerprint density at radius 3 is 2.23 bits per heavy atom. The molecular formula is C27H45NO7. The molecule has 0 aliphatic carbocycles. The molecule has 8 heteroatoms. The quantitative estimate of drug-likeness (QED) is 0.210. The zero-order valence-corrected chi connectivity index (χ0v) is 21.1. The van der Waals surface area contributed by atoms with Gasteiger partial charge >= 0.3 is 0 Å². The van der Waals surface area contributed by atoms with E-state index in [2.05, 4.69) is 12.2 Å². The van der Waals surface area contributed by atoms with Crippen LogP contribution in [0.2, 0.25) is 0 Å². The second-order valence-electron chi connectivity index (χ2n) is 9.56. The van der Waals surface area contributed by atoms with Crippen molar-refractivity contribution in [2.75, 3.05) is 6.61 Å². The number of benzene rings is 1. The number of hydrogen-bond acceptors (Lipinski definition) is 7. The smallest absolute Gasteiger partial charge is 0.223 e. The summed E-state index contributed by atoms with van der Waals surface area (Å²) in [5.74, 6) is -0.402. The van der Waals surface area contributed by atoms with E-state index in [1.54, 1.807) is 0 Å². The van der Waals surface area contributed by atoms with Crippen molar-refractivity contribution in [2.45, 2.75) is 121 Å². The molecule has 1 aromatic carbocycles. The van der Waals surface area contributed by atoms with Crippen LogP contribution in [0.4, 0.5) is 0 Å². The molecule has 200 valence electrons. The molecule has 1 aliphatic heterocycles. The van der Waals surface area contributed by atoms with Crippen molar-refractivity contribution in [2.24, 2.45) is 0 Å². The Morgan fingerprint density at radius 2 is 1.60 bits per heavy atom. The zero-order valence-electron chi connectivity index (χ0n) is 21.1. The number of aliphatic hydroxyl groups excluding tert-OH is 4. The van der Waals surface area contributed by atoms with Gasteiger partial charge in [-0.25, -0.2) is 0 Å². The minimum atomic E-state index is -1.53. The molecule has 8 nitrogen and oxygen atoms in total. The summed E-state index contributed by atoms with van der Waals surface area (Å²) in [6.07, 6.45) is 5.87. The third-order valence-corrected chi connectivity index (χ3v) is 6.60. The largest absolute Gasteiger partial charge is 0.394 e. The van der Waals surface area contributed by atoms with Crippen molar-refractivity contribution in [1.29, 1.82) is 0 Å². The normalized spacial score (nSPS) is 25.3. The fourth-order valence-corrected chi connectivity index (χ4v) is 4.42. The Balaban J connectivity index is 1.82. The van der Waals surface area contributed by atoms with E-state index < -0.39 is 43.2 Å². The number of ether oxygens (including phenoxy) is 2. The van der Waals surface area contributed by atoms with Crippen LogP contribution in [0.1, 0.15) is 83.1 Å². The van der Waals surface area contributed by atoms with E-state index in [1.807, 2.05) is 30.3 Å². The standard InChI is InChI=1S/C27H45NO7/c1-2-3-4-5-6-7-8-9-13-16-21(34-19-20-14-11-10-12-15-20)17-23(30)28-24-26(32)25(31)22(18-29)35-27(24)33/h10-12,14-15,21-22,24-27,29,31-33H,2-9,13,16-19H2,1H3,(H,28,30)/t21-,22-,24+,25-,26-,27+/m1/s1. The first-order valence-corrected chi connectivity index (χ1v) is 13.2. The van der Waals surface area contributed by atoms with Crippen LogP contribution in [0.5, 0.6) is 0 Å². The minimum absolute atomic E-state index is 0.0688. The third-order valence-electron chi connectivity index (χ3n) is 6.60. The molecule has 0 spiro atoms. The average Bonchev–Trinajstić information content (AvgIpc) is 2.86.